The van der Waals surface area contributed by atoms with Crippen LogP contribution in [0.4, 0.5) is 0 Å². The van der Waals surface area contributed by atoms with Gasteiger partial charge in [0.25, 0.3) is 0 Å². The lowest BCUT2D eigenvalue weighted by Crippen LogP contribution is -2.54. The Labute approximate surface area is 102 Å². The maximum Gasteiger partial charge on any atom is 0.0219 e. The van der Waals surface area contributed by atoms with Gasteiger partial charge in [-0.25, -0.2) is 0 Å². The first-order valence-electron chi connectivity index (χ1n) is 6.97. The van der Waals surface area contributed by atoms with Crippen LogP contribution in [0, 0.1) is 10.8 Å². The van der Waals surface area contributed by atoms with Crippen LogP contribution in [-0.2, 0) is 0 Å². The van der Waals surface area contributed by atoms with Crippen molar-refractivity contribution in [2.24, 2.45) is 10.8 Å². The molecule has 1 unspecified atom stereocenters. The minimum Gasteiger partial charge on any atom is -0.295 e. The molecule has 94 valence electrons. The van der Waals surface area contributed by atoms with Gasteiger partial charge in [-0.2, -0.15) is 0 Å². The first-order chi connectivity index (χ1) is 7.20. The van der Waals surface area contributed by atoms with Crippen LogP contribution in [0.3, 0.4) is 0 Å². The second-order valence-corrected chi connectivity index (χ2v) is 7.75. The molecule has 2 rings (SSSR count). The van der Waals surface area contributed by atoms with Gasteiger partial charge in [0.1, 0.15) is 0 Å². The van der Waals surface area contributed by atoms with E-state index in [1.54, 1.807) is 0 Å². The van der Waals surface area contributed by atoms with Crippen molar-refractivity contribution in [1.82, 2.24) is 4.90 Å². The molecule has 2 fully saturated rings. The van der Waals surface area contributed by atoms with Gasteiger partial charge in [0, 0.05) is 11.6 Å². The fourth-order valence-corrected chi connectivity index (χ4v) is 3.57. The highest BCUT2D eigenvalue weighted by atomic mass is 15.3. The highest BCUT2D eigenvalue weighted by Gasteiger charge is 2.57. The summed E-state index contributed by atoms with van der Waals surface area (Å²) in [5.41, 5.74) is 1.58. The molecule has 1 atom stereocenters. The van der Waals surface area contributed by atoms with E-state index in [9.17, 15) is 0 Å². The second kappa shape index (κ2) is 3.48. The van der Waals surface area contributed by atoms with E-state index in [1.165, 1.54) is 32.2 Å². The van der Waals surface area contributed by atoms with Gasteiger partial charge in [0.15, 0.2) is 0 Å². The third kappa shape index (κ3) is 1.81. The first kappa shape index (κ1) is 12.4. The van der Waals surface area contributed by atoms with Gasteiger partial charge in [0.05, 0.1) is 0 Å². The molecule has 1 heterocycles. The number of hydrogen-bond donors (Lipinski definition) is 0. The Balaban J connectivity index is 2.17. The summed E-state index contributed by atoms with van der Waals surface area (Å²) >= 11 is 0. The standard InChI is InChI=1S/C15H29N/c1-12(2)16-10-9-14(6,13(3,4)5)11-15(16)7-8-15/h12H,7-11H2,1-6H3. The number of piperidine rings is 1. The van der Waals surface area contributed by atoms with Crippen molar-refractivity contribution in [3.8, 4) is 0 Å². The molecule has 1 heteroatoms. The molecular formula is C15H29N. The second-order valence-electron chi connectivity index (χ2n) is 7.75. The van der Waals surface area contributed by atoms with E-state index in [0.29, 0.717) is 16.4 Å². The van der Waals surface area contributed by atoms with Gasteiger partial charge < -0.3 is 0 Å². The van der Waals surface area contributed by atoms with Crippen LogP contribution in [0.1, 0.15) is 67.2 Å². The highest BCUT2D eigenvalue weighted by Crippen LogP contribution is 2.59. The summed E-state index contributed by atoms with van der Waals surface area (Å²) < 4.78 is 0. The molecule has 1 saturated heterocycles. The molecule has 1 spiro atoms. The average Bonchev–Trinajstić information content (AvgIpc) is 2.82. The molecule has 1 aliphatic carbocycles. The Morgan fingerprint density at radius 1 is 1.06 bits per heavy atom. The fraction of sp³-hybridized carbons (Fsp3) is 1.00. The summed E-state index contributed by atoms with van der Waals surface area (Å²) in [7, 11) is 0. The van der Waals surface area contributed by atoms with E-state index >= 15 is 0 Å². The molecule has 0 bridgehead atoms. The van der Waals surface area contributed by atoms with Crippen molar-refractivity contribution in [3.05, 3.63) is 0 Å². The number of rotatable bonds is 1. The summed E-state index contributed by atoms with van der Waals surface area (Å²) in [6.45, 7) is 15.8. The van der Waals surface area contributed by atoms with Gasteiger partial charge in [-0.1, -0.05) is 27.7 Å². The normalized spacial score (nSPS) is 34.7. The van der Waals surface area contributed by atoms with Crippen LogP contribution >= 0.6 is 0 Å². The Bertz CT molecular complexity index is 270. The van der Waals surface area contributed by atoms with Crippen molar-refractivity contribution >= 4 is 0 Å². The molecule has 1 nitrogen and oxygen atoms in total. The Morgan fingerprint density at radius 3 is 2.00 bits per heavy atom. The molecule has 0 amide bonds. The topological polar surface area (TPSA) is 3.24 Å². The van der Waals surface area contributed by atoms with Crippen LogP contribution in [0.25, 0.3) is 0 Å². The monoisotopic (exact) mass is 223 g/mol. The summed E-state index contributed by atoms with van der Waals surface area (Å²) in [5.74, 6) is 0. The highest BCUT2D eigenvalue weighted by molar-refractivity contribution is 5.12. The molecule has 1 saturated carbocycles. The van der Waals surface area contributed by atoms with Crippen molar-refractivity contribution < 1.29 is 0 Å². The van der Waals surface area contributed by atoms with E-state index in [1.807, 2.05) is 0 Å². The molecule has 2 aliphatic rings. The molecule has 16 heavy (non-hydrogen) atoms. The molecular weight excluding hydrogens is 194 g/mol. The third-order valence-electron chi connectivity index (χ3n) is 5.49. The zero-order valence-electron chi connectivity index (χ0n) is 12.1. The largest absolute Gasteiger partial charge is 0.295 e. The SMILES string of the molecule is CC(C)N1CCC(C)(C(C)(C)C)CC12CC2. The first-order valence-corrected chi connectivity index (χ1v) is 6.97. The van der Waals surface area contributed by atoms with Gasteiger partial charge in [-0.15, -0.1) is 0 Å². The smallest absolute Gasteiger partial charge is 0.0219 e. The predicted octanol–water partition coefficient (Wildman–Crippen LogP) is 4.08. The Morgan fingerprint density at radius 2 is 1.62 bits per heavy atom. The maximum absolute atomic E-state index is 2.78. The minimum atomic E-state index is 0.450. The van der Waals surface area contributed by atoms with E-state index in [2.05, 4.69) is 46.4 Å². The molecule has 0 aromatic carbocycles. The van der Waals surface area contributed by atoms with Crippen LogP contribution in [0.15, 0.2) is 0 Å². The number of nitrogens with zero attached hydrogens (tertiary/aromatic N) is 1. The van der Waals surface area contributed by atoms with Crippen LogP contribution < -0.4 is 0 Å². The quantitative estimate of drug-likeness (QED) is 0.647. The zero-order chi connectivity index (χ0) is 12.2. The summed E-state index contributed by atoms with van der Waals surface area (Å²) in [4.78, 5) is 2.78. The zero-order valence-corrected chi connectivity index (χ0v) is 12.1. The van der Waals surface area contributed by atoms with Gasteiger partial charge in [-0.05, 0) is 56.9 Å². The van der Waals surface area contributed by atoms with Crippen LogP contribution in [0.5, 0.6) is 0 Å². The molecule has 0 radical (unpaired) electrons. The number of likely N-dealkylation sites (tertiary alicyclic amines) is 1. The van der Waals surface area contributed by atoms with Crippen molar-refractivity contribution in [2.75, 3.05) is 6.54 Å². The average molecular weight is 223 g/mol. The van der Waals surface area contributed by atoms with Gasteiger partial charge in [-0.3, -0.25) is 4.90 Å². The summed E-state index contributed by atoms with van der Waals surface area (Å²) in [6, 6.07) is 0.729. The maximum atomic E-state index is 2.78. The van der Waals surface area contributed by atoms with Crippen LogP contribution in [0.2, 0.25) is 0 Å². The van der Waals surface area contributed by atoms with Crippen molar-refractivity contribution in [1.29, 1.82) is 0 Å². The molecule has 0 N–H and O–H groups in total. The summed E-state index contributed by atoms with van der Waals surface area (Å²) in [5, 5.41) is 0. The fourth-order valence-electron chi connectivity index (χ4n) is 3.57. The minimum absolute atomic E-state index is 0.450. The van der Waals surface area contributed by atoms with Gasteiger partial charge in [0.2, 0.25) is 0 Å². The molecule has 1 aliphatic heterocycles. The number of hydrogen-bond acceptors (Lipinski definition) is 1. The van der Waals surface area contributed by atoms with E-state index in [0.717, 1.165) is 6.04 Å². The van der Waals surface area contributed by atoms with Crippen molar-refractivity contribution in [2.45, 2.75) is 78.8 Å². The lowest BCUT2D eigenvalue weighted by molar-refractivity contribution is -0.0357. The Kier molecular flexibility index (Phi) is 2.70. The molecule has 0 aromatic rings. The lowest BCUT2D eigenvalue weighted by Gasteiger charge is -2.53. The predicted molar refractivity (Wildman–Crippen MR) is 70.6 cm³/mol. The van der Waals surface area contributed by atoms with Crippen LogP contribution in [-0.4, -0.2) is 23.0 Å². The van der Waals surface area contributed by atoms with E-state index in [4.69, 9.17) is 0 Å². The third-order valence-corrected chi connectivity index (χ3v) is 5.49. The Hall–Kier alpha value is -0.0400. The summed E-state index contributed by atoms with van der Waals surface area (Å²) in [6.07, 6.45) is 5.67. The van der Waals surface area contributed by atoms with E-state index < -0.39 is 0 Å². The van der Waals surface area contributed by atoms with E-state index in [-0.39, 0.29) is 0 Å². The van der Waals surface area contributed by atoms with Crippen molar-refractivity contribution in [3.63, 3.8) is 0 Å². The van der Waals surface area contributed by atoms with Gasteiger partial charge >= 0.3 is 0 Å². The molecule has 0 aromatic heterocycles. The lowest BCUT2D eigenvalue weighted by atomic mass is 9.60.